The maximum atomic E-state index is 12.7. The highest BCUT2D eigenvalue weighted by atomic mass is 16.4. The molecular formula is C22H31N5O9. The van der Waals surface area contributed by atoms with Gasteiger partial charge in [-0.3, -0.25) is 24.0 Å². The predicted octanol–water partition coefficient (Wildman–Crippen LogP) is -2.78. The number of amides is 4. The Balaban J connectivity index is 2.88. The number of carboxylic acid groups (broad SMARTS) is 2. The number of hydrogen-bond acceptors (Lipinski definition) is 8. The second kappa shape index (κ2) is 15.1. The summed E-state index contributed by atoms with van der Waals surface area (Å²) >= 11 is 0. The first kappa shape index (κ1) is 30.0. The first-order valence-corrected chi connectivity index (χ1v) is 11.0. The monoisotopic (exact) mass is 509 g/mol. The molecule has 0 aliphatic heterocycles. The van der Waals surface area contributed by atoms with Crippen LogP contribution in [0.15, 0.2) is 30.3 Å². The molecule has 0 aliphatic carbocycles. The third-order valence-electron chi connectivity index (χ3n) is 5.03. The summed E-state index contributed by atoms with van der Waals surface area (Å²) in [4.78, 5) is 71.1. The van der Waals surface area contributed by atoms with Crippen molar-refractivity contribution in [2.45, 2.75) is 56.3 Å². The highest BCUT2D eigenvalue weighted by molar-refractivity contribution is 5.94. The van der Waals surface area contributed by atoms with Crippen molar-refractivity contribution in [1.82, 2.24) is 16.0 Å². The number of benzene rings is 1. The second-order valence-corrected chi connectivity index (χ2v) is 7.94. The van der Waals surface area contributed by atoms with Gasteiger partial charge >= 0.3 is 11.9 Å². The fraction of sp³-hybridized carbons (Fsp3) is 0.455. The van der Waals surface area contributed by atoms with Crippen LogP contribution in [0.3, 0.4) is 0 Å². The van der Waals surface area contributed by atoms with Crippen LogP contribution in [0.25, 0.3) is 0 Å². The van der Waals surface area contributed by atoms with Crippen LogP contribution in [0.5, 0.6) is 0 Å². The fourth-order valence-corrected chi connectivity index (χ4v) is 3.03. The maximum Gasteiger partial charge on any atom is 0.326 e. The summed E-state index contributed by atoms with van der Waals surface area (Å²) in [5.41, 5.74) is 11.4. The molecule has 4 unspecified atom stereocenters. The van der Waals surface area contributed by atoms with Crippen LogP contribution in [0.1, 0.15) is 31.2 Å². The van der Waals surface area contributed by atoms with E-state index in [0.29, 0.717) is 5.56 Å². The summed E-state index contributed by atoms with van der Waals surface area (Å²) in [7, 11) is 0. The van der Waals surface area contributed by atoms with Gasteiger partial charge < -0.3 is 42.7 Å². The zero-order valence-electron chi connectivity index (χ0n) is 19.4. The van der Waals surface area contributed by atoms with Crippen molar-refractivity contribution in [2.75, 3.05) is 6.61 Å². The molecule has 4 atom stereocenters. The molecule has 0 aromatic heterocycles. The van der Waals surface area contributed by atoms with Crippen LogP contribution in [-0.2, 0) is 35.2 Å². The van der Waals surface area contributed by atoms with Gasteiger partial charge in [-0.1, -0.05) is 30.3 Å². The number of primary amides is 1. The van der Waals surface area contributed by atoms with E-state index in [1.807, 2.05) is 0 Å². The number of carbonyl (C=O) groups excluding carboxylic acids is 4. The number of hydrogen-bond donors (Lipinski definition) is 8. The number of aliphatic carboxylic acids is 2. The van der Waals surface area contributed by atoms with Gasteiger partial charge in [-0.05, 0) is 18.4 Å². The molecule has 0 saturated heterocycles. The maximum absolute atomic E-state index is 12.7. The largest absolute Gasteiger partial charge is 0.481 e. The van der Waals surface area contributed by atoms with Crippen LogP contribution >= 0.6 is 0 Å². The fourth-order valence-electron chi connectivity index (χ4n) is 3.03. The molecule has 36 heavy (non-hydrogen) atoms. The van der Waals surface area contributed by atoms with Gasteiger partial charge in [0.2, 0.25) is 23.6 Å². The molecular weight excluding hydrogens is 478 g/mol. The Morgan fingerprint density at radius 3 is 1.86 bits per heavy atom. The summed E-state index contributed by atoms with van der Waals surface area (Å²) < 4.78 is 0. The van der Waals surface area contributed by atoms with Crippen LogP contribution < -0.4 is 27.4 Å². The van der Waals surface area contributed by atoms with E-state index in [-0.39, 0.29) is 25.7 Å². The molecule has 0 bridgehead atoms. The molecule has 1 aromatic rings. The summed E-state index contributed by atoms with van der Waals surface area (Å²) in [6.45, 7) is -0.899. The lowest BCUT2D eigenvalue weighted by Gasteiger charge is -2.24. The van der Waals surface area contributed by atoms with Crippen molar-refractivity contribution in [3.05, 3.63) is 35.9 Å². The molecule has 0 spiro atoms. The second-order valence-electron chi connectivity index (χ2n) is 7.94. The molecule has 0 heterocycles. The molecule has 0 saturated carbocycles. The third kappa shape index (κ3) is 10.9. The van der Waals surface area contributed by atoms with Crippen LogP contribution in [0.4, 0.5) is 0 Å². The quantitative estimate of drug-likeness (QED) is 0.114. The first-order chi connectivity index (χ1) is 16.9. The molecule has 10 N–H and O–H groups in total. The Hall–Kier alpha value is -4.04. The number of nitrogens with one attached hydrogen (secondary N) is 3. The molecule has 4 amide bonds. The molecule has 1 aromatic carbocycles. The third-order valence-corrected chi connectivity index (χ3v) is 5.03. The smallest absolute Gasteiger partial charge is 0.326 e. The zero-order valence-corrected chi connectivity index (χ0v) is 19.4. The Morgan fingerprint density at radius 1 is 0.778 bits per heavy atom. The molecule has 14 nitrogen and oxygen atoms in total. The van der Waals surface area contributed by atoms with E-state index >= 15 is 0 Å². The van der Waals surface area contributed by atoms with Gasteiger partial charge in [0.15, 0.2) is 0 Å². The summed E-state index contributed by atoms with van der Waals surface area (Å²) in [5.74, 6) is -6.13. The van der Waals surface area contributed by atoms with E-state index in [0.717, 1.165) is 0 Å². The predicted molar refractivity (Wildman–Crippen MR) is 124 cm³/mol. The SMILES string of the molecule is NC(=O)CCC(NC(=O)C(N)CCC(=O)O)C(=O)NC(CO)C(=O)NC(Cc1ccccc1)C(=O)O. The Labute approximate surface area is 206 Å². The molecule has 0 radical (unpaired) electrons. The number of aliphatic hydroxyl groups is 1. The van der Waals surface area contributed by atoms with Crippen molar-refractivity contribution >= 4 is 35.6 Å². The summed E-state index contributed by atoms with van der Waals surface area (Å²) in [6.07, 6.45) is -1.27. The van der Waals surface area contributed by atoms with Gasteiger partial charge in [0, 0.05) is 19.3 Å². The number of carboxylic acids is 2. The minimum atomic E-state index is -1.58. The Bertz CT molecular complexity index is 941. The Morgan fingerprint density at radius 2 is 1.33 bits per heavy atom. The van der Waals surface area contributed by atoms with Crippen LogP contribution in [-0.4, -0.2) is 81.7 Å². The van der Waals surface area contributed by atoms with Crippen molar-refractivity contribution in [3.63, 3.8) is 0 Å². The van der Waals surface area contributed by atoms with Crippen LogP contribution in [0.2, 0.25) is 0 Å². The Kier molecular flexibility index (Phi) is 12.5. The summed E-state index contributed by atoms with van der Waals surface area (Å²) in [5, 5.41) is 34.5. The standard InChI is InChI=1S/C22H31N5O9/c23-13(6-9-18(30)31)19(32)25-14(7-8-17(24)29)20(33)27-16(11-28)21(34)26-15(22(35)36)10-12-4-2-1-3-5-12/h1-5,13-16,28H,6-11,23H2,(H2,24,29)(H,25,32)(H,26,34)(H,27,33)(H,30,31)(H,35,36). The molecule has 0 aliphatic rings. The summed E-state index contributed by atoms with van der Waals surface area (Å²) in [6, 6.07) is 2.86. The molecule has 14 heteroatoms. The van der Waals surface area contributed by atoms with Gasteiger partial charge in [0.25, 0.3) is 0 Å². The van der Waals surface area contributed by atoms with E-state index < -0.39 is 72.8 Å². The first-order valence-electron chi connectivity index (χ1n) is 11.0. The molecule has 0 fully saturated rings. The van der Waals surface area contributed by atoms with Crippen molar-refractivity contribution < 1.29 is 44.1 Å². The van der Waals surface area contributed by atoms with E-state index in [9.17, 15) is 39.0 Å². The van der Waals surface area contributed by atoms with E-state index in [4.69, 9.17) is 16.6 Å². The average molecular weight is 510 g/mol. The van der Waals surface area contributed by atoms with Crippen molar-refractivity contribution in [3.8, 4) is 0 Å². The zero-order chi connectivity index (χ0) is 27.3. The normalized spacial score (nSPS) is 13.9. The van der Waals surface area contributed by atoms with Gasteiger partial charge in [-0.25, -0.2) is 4.79 Å². The number of aliphatic hydroxyl groups excluding tert-OH is 1. The van der Waals surface area contributed by atoms with Crippen molar-refractivity contribution in [2.24, 2.45) is 11.5 Å². The van der Waals surface area contributed by atoms with E-state index in [1.54, 1.807) is 30.3 Å². The minimum absolute atomic E-state index is 0.0560. The number of carbonyl (C=O) groups is 6. The topological polar surface area (TPSA) is 251 Å². The number of nitrogens with two attached hydrogens (primary N) is 2. The van der Waals surface area contributed by atoms with Gasteiger partial charge in [0.05, 0.1) is 12.6 Å². The lowest BCUT2D eigenvalue weighted by molar-refractivity contribution is -0.142. The van der Waals surface area contributed by atoms with Gasteiger partial charge in [0.1, 0.15) is 18.1 Å². The molecule has 1 rings (SSSR count). The highest BCUT2D eigenvalue weighted by Crippen LogP contribution is 2.05. The van der Waals surface area contributed by atoms with Gasteiger partial charge in [-0.15, -0.1) is 0 Å². The van der Waals surface area contributed by atoms with E-state index in [2.05, 4.69) is 16.0 Å². The minimum Gasteiger partial charge on any atom is -0.481 e. The lowest BCUT2D eigenvalue weighted by Crippen LogP contribution is -2.58. The average Bonchev–Trinajstić information content (AvgIpc) is 2.82. The van der Waals surface area contributed by atoms with Crippen molar-refractivity contribution in [1.29, 1.82) is 0 Å². The molecule has 198 valence electrons. The van der Waals surface area contributed by atoms with Crippen LogP contribution in [0, 0.1) is 0 Å². The van der Waals surface area contributed by atoms with E-state index in [1.165, 1.54) is 0 Å². The highest BCUT2D eigenvalue weighted by Gasteiger charge is 2.30. The van der Waals surface area contributed by atoms with Gasteiger partial charge in [-0.2, -0.15) is 0 Å². The lowest BCUT2D eigenvalue weighted by atomic mass is 10.1. The number of rotatable bonds is 16.